The largest absolute Gasteiger partial charge is 0.256 e. The molecule has 0 saturated heterocycles. The molecule has 1 aromatic heterocycles. The first-order valence-electron chi connectivity index (χ1n) is 3.72. The Balaban J connectivity index is 0.000000251. The molecule has 0 fully saturated rings. The van der Waals surface area contributed by atoms with E-state index in [9.17, 15) is 0 Å². The molecule has 0 bridgehead atoms. The smallest absolute Gasteiger partial charge is 0.231 e. The maximum atomic E-state index is 8.35. The van der Waals surface area contributed by atoms with E-state index >= 15 is 0 Å². The SMILES string of the molecule is N=C=O.c1ccc2ncccc2c1. The summed E-state index contributed by atoms with van der Waals surface area (Å²) < 4.78 is 0. The zero-order valence-corrected chi connectivity index (χ0v) is 6.90. The van der Waals surface area contributed by atoms with Crippen molar-refractivity contribution in [3.8, 4) is 0 Å². The van der Waals surface area contributed by atoms with Crippen molar-refractivity contribution in [2.24, 2.45) is 0 Å². The number of aromatic nitrogens is 1. The van der Waals surface area contributed by atoms with Gasteiger partial charge in [0.15, 0.2) is 0 Å². The van der Waals surface area contributed by atoms with Gasteiger partial charge in [-0.15, -0.1) is 0 Å². The Morgan fingerprint density at radius 3 is 2.46 bits per heavy atom. The summed E-state index contributed by atoms with van der Waals surface area (Å²) in [5.41, 5.74) is 1.06. The van der Waals surface area contributed by atoms with Gasteiger partial charge in [-0.1, -0.05) is 24.3 Å². The zero-order valence-electron chi connectivity index (χ0n) is 6.90. The Hall–Kier alpha value is -1.99. The Morgan fingerprint density at radius 1 is 1.15 bits per heavy atom. The van der Waals surface area contributed by atoms with Crippen LogP contribution >= 0.6 is 0 Å². The van der Waals surface area contributed by atoms with Crippen LogP contribution in [0.15, 0.2) is 42.6 Å². The number of fused-ring (bicyclic) bond motifs is 1. The number of hydrogen-bond donors (Lipinski definition) is 1. The first-order chi connectivity index (χ1) is 6.38. The van der Waals surface area contributed by atoms with E-state index in [-0.39, 0.29) is 0 Å². The molecule has 0 aliphatic heterocycles. The summed E-state index contributed by atoms with van der Waals surface area (Å²) in [6.45, 7) is 0. The summed E-state index contributed by atoms with van der Waals surface area (Å²) in [6, 6.07) is 12.1. The Morgan fingerprint density at radius 2 is 1.77 bits per heavy atom. The van der Waals surface area contributed by atoms with E-state index in [0.717, 1.165) is 11.6 Å². The van der Waals surface area contributed by atoms with Gasteiger partial charge in [-0.2, -0.15) is 0 Å². The topological polar surface area (TPSA) is 53.8 Å². The minimum absolute atomic E-state index is 0.750. The number of nitrogens with zero attached hydrogens (tertiary/aromatic N) is 1. The third-order valence-corrected chi connectivity index (χ3v) is 1.51. The standard InChI is InChI=1S/C9H7N.CHNO/c1-2-6-9-8(4-1)5-3-7-10-9;2-1-3/h1-7H;2H. The van der Waals surface area contributed by atoms with Gasteiger partial charge < -0.3 is 0 Å². The van der Waals surface area contributed by atoms with E-state index in [4.69, 9.17) is 10.2 Å². The van der Waals surface area contributed by atoms with Crippen LogP contribution < -0.4 is 0 Å². The van der Waals surface area contributed by atoms with Crippen molar-refractivity contribution in [3.63, 3.8) is 0 Å². The molecule has 0 spiro atoms. The van der Waals surface area contributed by atoms with Crippen molar-refractivity contribution in [1.29, 1.82) is 5.41 Å². The molecule has 13 heavy (non-hydrogen) atoms. The summed E-state index contributed by atoms with van der Waals surface area (Å²) in [7, 11) is 0. The molecule has 3 nitrogen and oxygen atoms in total. The van der Waals surface area contributed by atoms with Crippen LogP contribution in [-0.2, 0) is 4.79 Å². The number of benzene rings is 1. The molecular formula is C10H8N2O. The maximum absolute atomic E-state index is 8.35. The van der Waals surface area contributed by atoms with Crippen LogP contribution in [-0.4, -0.2) is 11.1 Å². The van der Waals surface area contributed by atoms with Crippen LogP contribution in [0.2, 0.25) is 0 Å². The van der Waals surface area contributed by atoms with Gasteiger partial charge >= 0.3 is 0 Å². The number of carbonyl (C=O) groups excluding carboxylic acids is 1. The van der Waals surface area contributed by atoms with Crippen molar-refractivity contribution >= 4 is 17.0 Å². The van der Waals surface area contributed by atoms with E-state index in [0.29, 0.717) is 0 Å². The fourth-order valence-corrected chi connectivity index (χ4v) is 1.02. The third-order valence-electron chi connectivity index (χ3n) is 1.51. The van der Waals surface area contributed by atoms with Crippen molar-refractivity contribution in [3.05, 3.63) is 42.6 Å². The average molecular weight is 172 g/mol. The lowest BCUT2D eigenvalue weighted by Gasteiger charge is -1.91. The molecule has 1 N–H and O–H groups in total. The highest BCUT2D eigenvalue weighted by Crippen LogP contribution is 2.07. The lowest BCUT2D eigenvalue weighted by atomic mass is 10.2. The molecule has 0 atom stereocenters. The Kier molecular flexibility index (Phi) is 3.36. The Labute approximate surface area is 75.6 Å². The minimum atomic E-state index is 0.750. The minimum Gasteiger partial charge on any atom is -0.256 e. The maximum Gasteiger partial charge on any atom is 0.231 e. The van der Waals surface area contributed by atoms with E-state index in [1.54, 1.807) is 0 Å². The van der Waals surface area contributed by atoms with Gasteiger partial charge in [-0.25, -0.2) is 10.2 Å². The zero-order chi connectivity index (χ0) is 9.52. The van der Waals surface area contributed by atoms with Crippen molar-refractivity contribution in [2.75, 3.05) is 0 Å². The highest BCUT2D eigenvalue weighted by atomic mass is 16.1. The predicted molar refractivity (Wildman–Crippen MR) is 50.2 cm³/mol. The molecule has 2 rings (SSSR count). The van der Waals surface area contributed by atoms with Crippen LogP contribution in [0.1, 0.15) is 0 Å². The second kappa shape index (κ2) is 4.80. The van der Waals surface area contributed by atoms with Gasteiger partial charge in [-0.3, -0.25) is 4.98 Å². The normalized spacial score (nSPS) is 8.31. The van der Waals surface area contributed by atoms with Gasteiger partial charge in [0, 0.05) is 11.6 Å². The molecule has 1 heterocycles. The van der Waals surface area contributed by atoms with E-state index in [1.807, 2.05) is 30.5 Å². The van der Waals surface area contributed by atoms with E-state index in [2.05, 4.69) is 17.1 Å². The highest BCUT2D eigenvalue weighted by molar-refractivity contribution is 5.77. The molecule has 0 unspecified atom stereocenters. The fraction of sp³-hybridized carbons (Fsp3) is 0. The average Bonchev–Trinajstić information content (AvgIpc) is 2.19. The van der Waals surface area contributed by atoms with Gasteiger partial charge in [0.2, 0.25) is 6.08 Å². The number of pyridine rings is 1. The van der Waals surface area contributed by atoms with E-state index < -0.39 is 0 Å². The lowest BCUT2D eigenvalue weighted by molar-refractivity contribution is 0.563. The molecular weight excluding hydrogens is 164 g/mol. The molecule has 3 heteroatoms. The number of nitrogens with one attached hydrogen (secondary N) is 1. The van der Waals surface area contributed by atoms with Gasteiger partial charge in [0.1, 0.15) is 0 Å². The van der Waals surface area contributed by atoms with Gasteiger partial charge in [0.25, 0.3) is 0 Å². The van der Waals surface area contributed by atoms with Crippen molar-refractivity contribution < 1.29 is 4.79 Å². The molecule has 0 saturated carbocycles. The summed E-state index contributed by atoms with van der Waals surface area (Å²) in [6.07, 6.45) is 2.56. The molecule has 0 aliphatic rings. The second-order valence-corrected chi connectivity index (χ2v) is 2.30. The number of para-hydroxylation sites is 1. The molecule has 1 aromatic carbocycles. The molecule has 64 valence electrons. The van der Waals surface area contributed by atoms with Crippen LogP contribution in [0.3, 0.4) is 0 Å². The van der Waals surface area contributed by atoms with Crippen LogP contribution in [0.4, 0.5) is 0 Å². The highest BCUT2D eigenvalue weighted by Gasteiger charge is 1.86. The van der Waals surface area contributed by atoms with Crippen LogP contribution in [0.5, 0.6) is 0 Å². The first-order valence-corrected chi connectivity index (χ1v) is 3.72. The molecule has 0 amide bonds. The predicted octanol–water partition coefficient (Wildman–Crippen LogP) is 2.14. The Bertz CT molecular complexity index is 354. The third kappa shape index (κ3) is 2.51. The molecule has 2 aromatic rings. The second-order valence-electron chi connectivity index (χ2n) is 2.30. The summed E-state index contributed by atoms with van der Waals surface area (Å²) >= 11 is 0. The summed E-state index contributed by atoms with van der Waals surface area (Å²) in [5.74, 6) is 0. The first kappa shape index (κ1) is 9.10. The number of hydrogen-bond acceptors (Lipinski definition) is 3. The summed E-state index contributed by atoms with van der Waals surface area (Å²) in [4.78, 5) is 12.5. The van der Waals surface area contributed by atoms with Crippen molar-refractivity contribution in [1.82, 2.24) is 4.98 Å². The van der Waals surface area contributed by atoms with Crippen LogP contribution in [0, 0.1) is 5.41 Å². The lowest BCUT2D eigenvalue weighted by Crippen LogP contribution is -1.73. The molecule has 0 radical (unpaired) electrons. The van der Waals surface area contributed by atoms with Crippen LogP contribution in [0.25, 0.3) is 10.9 Å². The van der Waals surface area contributed by atoms with Crippen molar-refractivity contribution in [2.45, 2.75) is 0 Å². The van der Waals surface area contributed by atoms with E-state index in [1.165, 1.54) is 5.39 Å². The number of rotatable bonds is 0. The quantitative estimate of drug-likeness (QED) is 0.489. The monoisotopic (exact) mass is 172 g/mol. The van der Waals surface area contributed by atoms with Gasteiger partial charge in [-0.05, 0) is 12.1 Å². The molecule has 0 aliphatic carbocycles. The fourth-order valence-electron chi connectivity index (χ4n) is 1.02. The van der Waals surface area contributed by atoms with Gasteiger partial charge in [0.05, 0.1) is 5.52 Å². The summed E-state index contributed by atoms with van der Waals surface area (Å²) in [5, 5.41) is 6.60. The number of isocyanates is 1.